The summed E-state index contributed by atoms with van der Waals surface area (Å²) in [6, 6.07) is -0.736. The van der Waals surface area contributed by atoms with Gasteiger partial charge in [-0.2, -0.15) is 0 Å². The topological polar surface area (TPSA) is 102 Å². The van der Waals surface area contributed by atoms with Gasteiger partial charge in [0.25, 0.3) is 0 Å². The molecule has 0 aliphatic carbocycles. The van der Waals surface area contributed by atoms with E-state index in [1.165, 1.54) is 51.4 Å². The Morgan fingerprint density at radius 3 is 1.59 bits per heavy atom. The Kier molecular flexibility index (Phi) is 34.9. The number of rotatable bonds is 37. The normalized spacial score (nSPS) is 13.6. The third kappa shape index (κ3) is 34.8. The molecule has 0 N–H and O–H groups in total. The van der Waals surface area contributed by atoms with Crippen molar-refractivity contribution in [3.8, 4) is 0 Å². The van der Waals surface area contributed by atoms with Gasteiger partial charge in [0.05, 0.1) is 40.3 Å². The van der Waals surface area contributed by atoms with E-state index in [0.29, 0.717) is 12.8 Å². The maximum Gasteiger partial charge on any atom is 0.306 e. The maximum absolute atomic E-state index is 12.7. The summed E-state index contributed by atoms with van der Waals surface area (Å²) in [6.07, 6.45) is 43.9. The molecule has 8 heteroatoms. The Balaban J connectivity index is 4.46. The number of unbranched alkanes of at least 4 members (excludes halogenated alkanes) is 13. The zero-order valence-electron chi connectivity index (χ0n) is 35.1. The van der Waals surface area contributed by atoms with E-state index in [4.69, 9.17) is 14.2 Å². The zero-order chi connectivity index (χ0) is 40.0. The molecule has 0 amide bonds. The second kappa shape index (κ2) is 37.0. The van der Waals surface area contributed by atoms with E-state index in [9.17, 15) is 19.5 Å². The van der Waals surface area contributed by atoms with Gasteiger partial charge in [0.15, 0.2) is 6.10 Å². The fourth-order valence-corrected chi connectivity index (χ4v) is 5.82. The minimum absolute atomic E-state index is 0.0191. The Bertz CT molecular complexity index is 1070. The van der Waals surface area contributed by atoms with Crippen molar-refractivity contribution >= 4 is 17.9 Å². The first kappa shape index (κ1) is 51.0. The van der Waals surface area contributed by atoms with Crippen molar-refractivity contribution in [1.82, 2.24) is 0 Å². The molecule has 0 bridgehead atoms. The first-order valence-corrected chi connectivity index (χ1v) is 21.3. The highest BCUT2D eigenvalue weighted by Crippen LogP contribution is 2.12. The molecule has 0 fully saturated rings. The van der Waals surface area contributed by atoms with Crippen LogP contribution in [0.5, 0.6) is 0 Å². The van der Waals surface area contributed by atoms with Gasteiger partial charge >= 0.3 is 11.9 Å². The Labute approximate surface area is 330 Å². The number of carboxylic acid groups (broad SMARTS) is 1. The molecule has 0 saturated carbocycles. The maximum atomic E-state index is 12.7. The van der Waals surface area contributed by atoms with Gasteiger partial charge in [-0.1, -0.05) is 126 Å². The lowest BCUT2D eigenvalue weighted by Gasteiger charge is -2.34. The van der Waals surface area contributed by atoms with Crippen LogP contribution in [-0.2, 0) is 28.6 Å². The van der Waals surface area contributed by atoms with Crippen molar-refractivity contribution in [2.75, 3.05) is 41.0 Å². The van der Waals surface area contributed by atoms with Crippen LogP contribution in [0.25, 0.3) is 0 Å². The number of quaternary nitrogens is 1. The molecule has 0 saturated heterocycles. The lowest BCUT2D eigenvalue weighted by atomic mass is 10.1. The van der Waals surface area contributed by atoms with E-state index >= 15 is 0 Å². The van der Waals surface area contributed by atoms with E-state index < -0.39 is 18.1 Å². The van der Waals surface area contributed by atoms with Gasteiger partial charge in [-0.25, -0.2) is 0 Å². The molecular formula is C46H79NO7. The molecular weight excluding hydrogens is 679 g/mol. The van der Waals surface area contributed by atoms with Crippen molar-refractivity contribution < 1.29 is 38.2 Å². The number of likely N-dealkylation sites (N-methyl/N-ethyl adjacent to an activating group) is 1. The number of ether oxygens (including phenoxy) is 3. The standard InChI is InChI=1S/C46H79NO7/c1-6-8-10-12-14-16-18-20-22-24-26-28-30-32-34-36-44(48)53-41-42(40-52-39-38-43(46(50)51)47(3,4)5)54-45(49)37-35-33-31-29-27-25-23-21-19-17-15-13-11-9-7-2/h9,11,15,17,20-23,27,29,42-43H,6-8,10,12-14,16,18-19,24-26,28,30-41H2,1-5H3/b11-9-,17-15-,22-20-,23-21-,29-27-. The summed E-state index contributed by atoms with van der Waals surface area (Å²) < 4.78 is 17.1. The monoisotopic (exact) mass is 758 g/mol. The number of hydrogen-bond donors (Lipinski definition) is 0. The van der Waals surface area contributed by atoms with Crippen molar-refractivity contribution in [3.63, 3.8) is 0 Å². The number of carbonyl (C=O) groups is 3. The quantitative estimate of drug-likeness (QED) is 0.0269. The summed E-state index contributed by atoms with van der Waals surface area (Å²) in [4.78, 5) is 36.8. The van der Waals surface area contributed by atoms with Gasteiger partial charge in [-0.3, -0.25) is 9.59 Å². The Hall–Kier alpha value is -2.97. The van der Waals surface area contributed by atoms with Gasteiger partial charge in [0.2, 0.25) is 0 Å². The third-order valence-electron chi connectivity index (χ3n) is 9.14. The van der Waals surface area contributed by atoms with Crippen LogP contribution in [0.4, 0.5) is 0 Å². The predicted octanol–water partition coefficient (Wildman–Crippen LogP) is 10.1. The number of carboxylic acids is 1. The summed E-state index contributed by atoms with van der Waals surface area (Å²) in [5, 5.41) is 11.6. The summed E-state index contributed by atoms with van der Waals surface area (Å²) in [5.74, 6) is -1.81. The SMILES string of the molecule is CC/C=C\C/C=C\C/C=C\C/C=C\CCCCC(=O)OC(COCCC(C(=O)[O-])[N+](C)(C)C)COC(=O)CCCCCCC/C=C\CCCCCCCC. The fourth-order valence-electron chi connectivity index (χ4n) is 5.82. The van der Waals surface area contributed by atoms with Crippen molar-refractivity contribution in [3.05, 3.63) is 60.8 Å². The third-order valence-corrected chi connectivity index (χ3v) is 9.14. The number of carbonyl (C=O) groups excluding carboxylic acids is 3. The van der Waals surface area contributed by atoms with Crippen molar-refractivity contribution in [1.29, 1.82) is 0 Å². The van der Waals surface area contributed by atoms with Crippen LogP contribution in [-0.4, -0.2) is 75.5 Å². The summed E-state index contributed by atoms with van der Waals surface area (Å²) in [5.41, 5.74) is 0. The summed E-state index contributed by atoms with van der Waals surface area (Å²) in [7, 11) is 5.38. The Morgan fingerprint density at radius 2 is 1.04 bits per heavy atom. The van der Waals surface area contributed by atoms with Crippen LogP contribution in [0.15, 0.2) is 60.8 Å². The summed E-state index contributed by atoms with van der Waals surface area (Å²) in [6.45, 7) is 4.47. The lowest BCUT2D eigenvalue weighted by Crippen LogP contribution is -2.55. The van der Waals surface area contributed by atoms with E-state index in [2.05, 4.69) is 74.6 Å². The highest BCUT2D eigenvalue weighted by atomic mass is 16.6. The van der Waals surface area contributed by atoms with Crippen molar-refractivity contribution in [2.45, 2.75) is 174 Å². The van der Waals surface area contributed by atoms with Crippen LogP contribution in [0, 0.1) is 0 Å². The van der Waals surface area contributed by atoms with Gasteiger partial charge in [-0.15, -0.1) is 0 Å². The summed E-state index contributed by atoms with van der Waals surface area (Å²) >= 11 is 0. The Morgan fingerprint density at radius 1 is 0.574 bits per heavy atom. The van der Waals surface area contributed by atoms with Gasteiger partial charge in [-0.05, 0) is 77.0 Å². The first-order valence-electron chi connectivity index (χ1n) is 21.3. The number of aliphatic carboxylic acids is 1. The lowest BCUT2D eigenvalue weighted by molar-refractivity contribution is -0.889. The zero-order valence-corrected chi connectivity index (χ0v) is 35.1. The predicted molar refractivity (Wildman–Crippen MR) is 222 cm³/mol. The molecule has 0 aliphatic heterocycles. The minimum atomic E-state index is -1.14. The van der Waals surface area contributed by atoms with Crippen LogP contribution in [0.3, 0.4) is 0 Å². The van der Waals surface area contributed by atoms with E-state index in [1.54, 1.807) is 21.1 Å². The first-order chi connectivity index (χ1) is 26.1. The van der Waals surface area contributed by atoms with E-state index in [1.807, 2.05) is 0 Å². The average molecular weight is 758 g/mol. The number of hydrogen-bond acceptors (Lipinski definition) is 7. The van der Waals surface area contributed by atoms with Crippen LogP contribution >= 0.6 is 0 Å². The highest BCUT2D eigenvalue weighted by Gasteiger charge is 2.25. The molecule has 310 valence electrons. The largest absolute Gasteiger partial charge is 0.544 e. The van der Waals surface area contributed by atoms with Crippen molar-refractivity contribution in [2.24, 2.45) is 0 Å². The fraction of sp³-hybridized carbons (Fsp3) is 0.717. The molecule has 2 atom stereocenters. The number of allylic oxidation sites excluding steroid dienone is 10. The van der Waals surface area contributed by atoms with Crippen LogP contribution in [0.1, 0.15) is 162 Å². The second-order valence-corrected chi connectivity index (χ2v) is 15.2. The molecule has 0 heterocycles. The van der Waals surface area contributed by atoms with Gasteiger partial charge < -0.3 is 28.6 Å². The molecule has 0 spiro atoms. The molecule has 0 aliphatic rings. The minimum Gasteiger partial charge on any atom is -0.544 e. The second-order valence-electron chi connectivity index (χ2n) is 15.2. The molecule has 0 aromatic rings. The molecule has 8 nitrogen and oxygen atoms in total. The number of nitrogens with zero attached hydrogens (tertiary/aromatic N) is 1. The number of esters is 2. The van der Waals surface area contributed by atoms with Gasteiger partial charge in [0, 0.05) is 19.3 Å². The average Bonchev–Trinajstić information content (AvgIpc) is 3.12. The molecule has 54 heavy (non-hydrogen) atoms. The highest BCUT2D eigenvalue weighted by molar-refractivity contribution is 5.70. The molecule has 2 unspecified atom stereocenters. The van der Waals surface area contributed by atoms with E-state index in [-0.39, 0.29) is 49.1 Å². The van der Waals surface area contributed by atoms with Crippen LogP contribution < -0.4 is 5.11 Å². The molecule has 0 aromatic carbocycles. The smallest absolute Gasteiger partial charge is 0.306 e. The van der Waals surface area contributed by atoms with Crippen LogP contribution in [0.2, 0.25) is 0 Å². The molecule has 0 rings (SSSR count). The molecule has 0 aromatic heterocycles. The van der Waals surface area contributed by atoms with E-state index in [0.717, 1.165) is 70.6 Å². The molecule has 0 radical (unpaired) electrons. The van der Waals surface area contributed by atoms with Gasteiger partial charge in [0.1, 0.15) is 12.6 Å².